The molecule has 0 aromatic heterocycles. The van der Waals surface area contributed by atoms with E-state index in [9.17, 15) is 9.90 Å². The van der Waals surface area contributed by atoms with Crippen molar-refractivity contribution in [3.05, 3.63) is 35.4 Å². The van der Waals surface area contributed by atoms with Gasteiger partial charge in [0.05, 0.1) is 18.3 Å². The van der Waals surface area contributed by atoms with E-state index in [1.165, 1.54) is 0 Å². The number of hydrogen-bond acceptors (Lipinski definition) is 3. The van der Waals surface area contributed by atoms with Gasteiger partial charge in [0.15, 0.2) is 0 Å². The lowest BCUT2D eigenvalue weighted by Crippen LogP contribution is -2.09. The molecule has 0 radical (unpaired) electrons. The molecule has 1 aliphatic rings. The average Bonchev–Trinajstić information content (AvgIpc) is 2.72. The number of aliphatic hydroxyl groups is 1. The number of aliphatic hydroxyl groups excluding tert-OH is 1. The zero-order valence-corrected chi connectivity index (χ0v) is 10.4. The molecule has 0 aliphatic carbocycles. The molecule has 0 saturated carbocycles. The van der Waals surface area contributed by atoms with Crippen molar-refractivity contribution in [2.75, 3.05) is 6.61 Å². The van der Waals surface area contributed by atoms with Crippen LogP contribution < -0.4 is 0 Å². The maximum Gasteiger partial charge on any atom is 0.281 e. The Balaban J connectivity index is 1.88. The molecule has 2 rings (SSSR count). The highest BCUT2D eigenvalue weighted by Crippen LogP contribution is 2.19. The van der Waals surface area contributed by atoms with Crippen LogP contribution in [0, 0.1) is 0 Å². The van der Waals surface area contributed by atoms with Crippen molar-refractivity contribution in [3.63, 3.8) is 0 Å². The highest BCUT2D eigenvalue weighted by Gasteiger charge is 2.23. The van der Waals surface area contributed by atoms with Crippen LogP contribution in [0.1, 0.15) is 42.1 Å². The van der Waals surface area contributed by atoms with Crippen molar-refractivity contribution in [1.82, 2.24) is 0 Å². The Kier molecular flexibility index (Phi) is 4.10. The minimum atomic E-state index is -0.270. The molecule has 0 fully saturated rings. The van der Waals surface area contributed by atoms with Gasteiger partial charge in [0.2, 0.25) is 5.90 Å². The third-order valence-corrected chi connectivity index (χ3v) is 2.98. The fourth-order valence-electron chi connectivity index (χ4n) is 1.87. The third kappa shape index (κ3) is 2.76. The van der Waals surface area contributed by atoms with Gasteiger partial charge in [-0.05, 0) is 31.4 Å². The van der Waals surface area contributed by atoms with Crippen LogP contribution in [0.15, 0.2) is 29.3 Å². The molecule has 1 amide bonds. The average molecular weight is 247 g/mol. The summed E-state index contributed by atoms with van der Waals surface area (Å²) in [5.74, 6) is 0.163. The van der Waals surface area contributed by atoms with Crippen molar-refractivity contribution in [3.8, 4) is 0 Å². The lowest BCUT2D eigenvalue weighted by atomic mass is 10.1. The summed E-state index contributed by atoms with van der Waals surface area (Å²) in [5.41, 5.74) is 1.36. The Morgan fingerprint density at radius 1 is 1.33 bits per heavy atom. The Bertz CT molecular complexity index is 468. The van der Waals surface area contributed by atoms with Gasteiger partial charge >= 0.3 is 0 Å². The Morgan fingerprint density at radius 2 is 2.06 bits per heavy atom. The molecule has 4 nitrogen and oxygen atoms in total. The van der Waals surface area contributed by atoms with Crippen molar-refractivity contribution >= 4 is 11.8 Å². The summed E-state index contributed by atoms with van der Waals surface area (Å²) in [4.78, 5) is 15.4. The molecule has 1 atom stereocenters. The molecule has 1 N–H and O–H groups in total. The molecule has 1 aromatic carbocycles. The summed E-state index contributed by atoms with van der Waals surface area (Å²) in [5, 5.41) is 9.41. The van der Waals surface area contributed by atoms with Crippen LogP contribution in [-0.2, 0) is 4.74 Å². The fraction of sp³-hybridized carbons (Fsp3) is 0.429. The van der Waals surface area contributed by atoms with E-state index in [2.05, 4.69) is 4.99 Å². The van der Waals surface area contributed by atoms with E-state index in [-0.39, 0.29) is 12.0 Å². The normalized spacial score (nSPS) is 15.2. The molecular formula is C14H17NO3. The first kappa shape index (κ1) is 12.8. The van der Waals surface area contributed by atoms with E-state index in [4.69, 9.17) is 4.74 Å². The second-order valence-electron chi connectivity index (χ2n) is 4.32. The van der Waals surface area contributed by atoms with Gasteiger partial charge in [0, 0.05) is 5.56 Å². The van der Waals surface area contributed by atoms with Crippen molar-refractivity contribution < 1.29 is 14.6 Å². The summed E-state index contributed by atoms with van der Waals surface area (Å²) >= 11 is 0. The van der Waals surface area contributed by atoms with Gasteiger partial charge in [-0.3, -0.25) is 4.79 Å². The number of carbonyl (C=O) groups excluding carboxylic acids is 1. The second-order valence-corrected chi connectivity index (χ2v) is 4.32. The number of benzene rings is 1. The number of aliphatic imine (C=N–C) groups is 1. The van der Waals surface area contributed by atoms with Gasteiger partial charge in [-0.25, -0.2) is 0 Å². The highest BCUT2D eigenvalue weighted by atomic mass is 16.5. The van der Waals surface area contributed by atoms with Gasteiger partial charge < -0.3 is 9.84 Å². The van der Waals surface area contributed by atoms with Crippen molar-refractivity contribution in [2.45, 2.75) is 32.3 Å². The molecule has 4 heteroatoms. The second kappa shape index (κ2) is 5.78. The predicted molar refractivity (Wildman–Crippen MR) is 68.8 cm³/mol. The number of rotatable bonds is 5. The Labute approximate surface area is 106 Å². The smallest absolute Gasteiger partial charge is 0.281 e. The van der Waals surface area contributed by atoms with E-state index in [0.717, 1.165) is 18.4 Å². The van der Waals surface area contributed by atoms with Crippen LogP contribution in [0.4, 0.5) is 0 Å². The van der Waals surface area contributed by atoms with Crippen LogP contribution in [0.2, 0.25) is 0 Å². The summed E-state index contributed by atoms with van der Waals surface area (Å²) in [6.45, 7) is 2.42. The van der Waals surface area contributed by atoms with Gasteiger partial charge in [0.1, 0.15) is 0 Å². The lowest BCUT2D eigenvalue weighted by Gasteiger charge is -2.09. The molecule has 96 valence electrons. The van der Waals surface area contributed by atoms with Gasteiger partial charge in [-0.1, -0.05) is 19.1 Å². The van der Waals surface area contributed by atoms with Crippen LogP contribution >= 0.6 is 0 Å². The van der Waals surface area contributed by atoms with Crippen LogP contribution in [-0.4, -0.2) is 29.6 Å². The first-order valence-electron chi connectivity index (χ1n) is 6.25. The number of fused-ring (bicyclic) bond motifs is 1. The summed E-state index contributed by atoms with van der Waals surface area (Å²) in [6, 6.07) is 7.25. The number of nitrogens with zero attached hydrogens (tertiary/aromatic N) is 1. The number of hydrogen-bond donors (Lipinski definition) is 1. The van der Waals surface area contributed by atoms with Crippen LogP contribution in [0.25, 0.3) is 0 Å². The monoisotopic (exact) mass is 247 g/mol. The topological polar surface area (TPSA) is 58.9 Å². The molecule has 1 unspecified atom stereocenters. The molecule has 1 aromatic rings. The summed E-state index contributed by atoms with van der Waals surface area (Å²) < 4.78 is 5.51. The Morgan fingerprint density at radius 3 is 2.78 bits per heavy atom. The van der Waals surface area contributed by atoms with Crippen LogP contribution in [0.5, 0.6) is 0 Å². The minimum absolute atomic E-state index is 0.241. The van der Waals surface area contributed by atoms with E-state index in [0.29, 0.717) is 24.5 Å². The first-order chi connectivity index (χ1) is 8.72. The standard InChI is InChI=1S/C14H17NO3/c1-2-10(16)6-5-9-18-14-12-8-4-3-7-11(12)13(17)15-14/h3-4,7-8,10,16H,2,5-6,9H2,1H3. The summed E-state index contributed by atoms with van der Waals surface area (Å²) in [7, 11) is 0. The van der Waals surface area contributed by atoms with Gasteiger partial charge in [0.25, 0.3) is 5.91 Å². The van der Waals surface area contributed by atoms with Crippen molar-refractivity contribution in [2.24, 2.45) is 4.99 Å². The number of carbonyl (C=O) groups is 1. The molecule has 0 bridgehead atoms. The minimum Gasteiger partial charge on any atom is -0.477 e. The zero-order valence-electron chi connectivity index (χ0n) is 10.4. The quantitative estimate of drug-likeness (QED) is 0.811. The maximum atomic E-state index is 11.6. The fourth-order valence-corrected chi connectivity index (χ4v) is 1.87. The molecule has 18 heavy (non-hydrogen) atoms. The third-order valence-electron chi connectivity index (χ3n) is 2.98. The SMILES string of the molecule is CCC(O)CCCOC1=NC(=O)c2ccccc21. The van der Waals surface area contributed by atoms with E-state index >= 15 is 0 Å². The summed E-state index contributed by atoms with van der Waals surface area (Å²) in [6.07, 6.45) is 1.94. The van der Waals surface area contributed by atoms with Gasteiger partial charge in [-0.15, -0.1) is 0 Å². The van der Waals surface area contributed by atoms with Gasteiger partial charge in [-0.2, -0.15) is 4.99 Å². The zero-order chi connectivity index (χ0) is 13.0. The van der Waals surface area contributed by atoms with E-state index in [1.54, 1.807) is 6.07 Å². The Hall–Kier alpha value is -1.68. The number of amides is 1. The highest BCUT2D eigenvalue weighted by molar-refractivity contribution is 6.18. The molecule has 1 heterocycles. The molecular weight excluding hydrogens is 230 g/mol. The number of ether oxygens (including phenoxy) is 1. The van der Waals surface area contributed by atoms with E-state index in [1.807, 2.05) is 25.1 Å². The maximum absolute atomic E-state index is 11.6. The predicted octanol–water partition coefficient (Wildman–Crippen LogP) is 2.15. The van der Waals surface area contributed by atoms with Crippen molar-refractivity contribution in [1.29, 1.82) is 0 Å². The molecule has 0 saturated heterocycles. The molecule has 0 spiro atoms. The molecule has 1 aliphatic heterocycles. The van der Waals surface area contributed by atoms with E-state index < -0.39 is 0 Å². The largest absolute Gasteiger partial charge is 0.477 e. The lowest BCUT2D eigenvalue weighted by molar-refractivity contribution is 0.100. The first-order valence-corrected chi connectivity index (χ1v) is 6.25. The van der Waals surface area contributed by atoms with Crippen LogP contribution in [0.3, 0.4) is 0 Å².